The summed E-state index contributed by atoms with van der Waals surface area (Å²) in [5.41, 5.74) is 1.14. The summed E-state index contributed by atoms with van der Waals surface area (Å²) in [6, 6.07) is 5.18. The van der Waals surface area contributed by atoms with E-state index >= 15 is 0 Å². The van der Waals surface area contributed by atoms with Gasteiger partial charge in [0.25, 0.3) is 5.56 Å². The number of carbonyl (C=O) groups is 1. The number of aromatic nitrogens is 2. The van der Waals surface area contributed by atoms with Crippen molar-refractivity contribution in [3.05, 3.63) is 51.6 Å². The van der Waals surface area contributed by atoms with Crippen LogP contribution in [0.15, 0.2) is 35.4 Å². The summed E-state index contributed by atoms with van der Waals surface area (Å²) < 4.78 is 19.2. The van der Waals surface area contributed by atoms with Crippen molar-refractivity contribution in [2.24, 2.45) is 0 Å². The third kappa shape index (κ3) is 2.60. The molecular formula is C17H15FN2O3S. The second kappa shape index (κ2) is 6.16. The third-order valence-electron chi connectivity index (χ3n) is 3.91. The molecule has 0 spiro atoms. The first kappa shape index (κ1) is 16.3. The highest BCUT2D eigenvalue weighted by Crippen LogP contribution is 2.35. The predicted molar refractivity (Wildman–Crippen MR) is 90.7 cm³/mol. The molecule has 0 aliphatic heterocycles. The minimum atomic E-state index is -0.777. The van der Waals surface area contributed by atoms with E-state index in [0.717, 1.165) is 16.0 Å². The van der Waals surface area contributed by atoms with Crippen molar-refractivity contribution in [3.63, 3.8) is 0 Å². The molecule has 5 nitrogen and oxygen atoms in total. The molecule has 1 aromatic carbocycles. The normalized spacial score (nSPS) is 12.3. The van der Waals surface area contributed by atoms with Crippen molar-refractivity contribution in [1.82, 2.24) is 9.55 Å². The summed E-state index contributed by atoms with van der Waals surface area (Å²) in [6.07, 6.45) is 1.36. The van der Waals surface area contributed by atoms with Gasteiger partial charge in [0.05, 0.1) is 18.8 Å². The SMILES string of the molecule is COC(=O)[C@H](C)n1cnc2sc(C)c(-c3ccc(F)cc3)c2c1=O. The highest BCUT2D eigenvalue weighted by Gasteiger charge is 2.22. The van der Waals surface area contributed by atoms with Crippen LogP contribution in [0.4, 0.5) is 4.39 Å². The molecule has 7 heteroatoms. The lowest BCUT2D eigenvalue weighted by Gasteiger charge is -2.12. The van der Waals surface area contributed by atoms with E-state index in [1.54, 1.807) is 19.1 Å². The Balaban J connectivity index is 2.27. The van der Waals surface area contributed by atoms with Gasteiger partial charge in [-0.2, -0.15) is 0 Å². The Morgan fingerprint density at radius 2 is 2.00 bits per heavy atom. The first-order valence-corrected chi connectivity index (χ1v) is 8.09. The van der Waals surface area contributed by atoms with Crippen LogP contribution < -0.4 is 5.56 Å². The molecule has 0 aliphatic carbocycles. The minimum absolute atomic E-state index is 0.318. The van der Waals surface area contributed by atoms with Crippen molar-refractivity contribution >= 4 is 27.5 Å². The molecule has 0 radical (unpaired) electrons. The number of hydrogen-bond donors (Lipinski definition) is 0. The molecule has 3 aromatic rings. The molecule has 0 N–H and O–H groups in total. The van der Waals surface area contributed by atoms with Gasteiger partial charge >= 0.3 is 5.97 Å². The van der Waals surface area contributed by atoms with Crippen LogP contribution in [0.25, 0.3) is 21.3 Å². The predicted octanol–water partition coefficient (Wildman–Crippen LogP) is 3.31. The molecule has 2 aromatic heterocycles. The number of thiophene rings is 1. The van der Waals surface area contributed by atoms with Gasteiger partial charge in [0, 0.05) is 10.4 Å². The average Bonchev–Trinajstić information content (AvgIpc) is 2.91. The molecule has 2 heterocycles. The fourth-order valence-electron chi connectivity index (χ4n) is 2.64. The average molecular weight is 346 g/mol. The number of halogens is 1. The van der Waals surface area contributed by atoms with Gasteiger partial charge in [-0.25, -0.2) is 14.2 Å². The monoisotopic (exact) mass is 346 g/mol. The Morgan fingerprint density at radius 3 is 2.62 bits per heavy atom. The summed E-state index contributed by atoms with van der Waals surface area (Å²) in [5, 5.41) is 0.433. The van der Waals surface area contributed by atoms with Gasteiger partial charge in [-0.05, 0) is 31.5 Å². The molecule has 0 saturated heterocycles. The van der Waals surface area contributed by atoms with Crippen LogP contribution in [0.2, 0.25) is 0 Å². The Kier molecular flexibility index (Phi) is 4.19. The molecule has 0 amide bonds. The lowest BCUT2D eigenvalue weighted by Crippen LogP contribution is -2.29. The van der Waals surface area contributed by atoms with Gasteiger partial charge in [0.15, 0.2) is 0 Å². The smallest absolute Gasteiger partial charge is 0.328 e. The van der Waals surface area contributed by atoms with E-state index in [0.29, 0.717) is 10.2 Å². The van der Waals surface area contributed by atoms with Crippen molar-refractivity contribution in [2.45, 2.75) is 19.9 Å². The number of hydrogen-bond acceptors (Lipinski definition) is 5. The fraction of sp³-hybridized carbons (Fsp3) is 0.235. The van der Waals surface area contributed by atoms with E-state index in [9.17, 15) is 14.0 Å². The third-order valence-corrected chi connectivity index (χ3v) is 4.92. The standard InChI is InChI=1S/C17H15FN2O3S/c1-9(17(22)23-3)20-8-19-15-14(16(20)21)13(10(2)24-15)11-4-6-12(18)7-5-11/h4-9H,1-3H3/t9-/m0/s1. The van der Waals surface area contributed by atoms with E-state index in [-0.39, 0.29) is 11.4 Å². The maximum atomic E-state index is 13.2. The van der Waals surface area contributed by atoms with Gasteiger partial charge in [0.2, 0.25) is 0 Å². The maximum Gasteiger partial charge on any atom is 0.328 e. The van der Waals surface area contributed by atoms with E-state index in [2.05, 4.69) is 4.98 Å². The van der Waals surface area contributed by atoms with Crippen LogP contribution >= 0.6 is 11.3 Å². The fourth-order valence-corrected chi connectivity index (χ4v) is 3.64. The van der Waals surface area contributed by atoms with Gasteiger partial charge in [-0.15, -0.1) is 11.3 Å². The lowest BCUT2D eigenvalue weighted by atomic mass is 10.0. The number of fused-ring (bicyclic) bond motifs is 1. The number of aryl methyl sites for hydroxylation is 1. The van der Waals surface area contributed by atoms with Gasteiger partial charge < -0.3 is 4.74 Å². The molecular weight excluding hydrogens is 331 g/mol. The zero-order valence-corrected chi connectivity index (χ0v) is 14.2. The Bertz CT molecular complexity index is 976. The number of benzene rings is 1. The number of methoxy groups -OCH3 is 1. The van der Waals surface area contributed by atoms with Crippen LogP contribution in [-0.2, 0) is 9.53 Å². The highest BCUT2D eigenvalue weighted by atomic mass is 32.1. The van der Waals surface area contributed by atoms with E-state index in [1.807, 2.05) is 6.92 Å². The first-order chi connectivity index (χ1) is 11.4. The summed E-state index contributed by atoms with van der Waals surface area (Å²) in [4.78, 5) is 30.5. The zero-order chi connectivity index (χ0) is 17.4. The Hall–Kier alpha value is -2.54. The number of rotatable bonds is 3. The Labute approximate surface area is 141 Å². The Morgan fingerprint density at radius 1 is 1.33 bits per heavy atom. The van der Waals surface area contributed by atoms with Crippen molar-refractivity contribution in [1.29, 1.82) is 0 Å². The molecule has 0 saturated carbocycles. The minimum Gasteiger partial charge on any atom is -0.467 e. The highest BCUT2D eigenvalue weighted by molar-refractivity contribution is 7.19. The topological polar surface area (TPSA) is 61.2 Å². The quantitative estimate of drug-likeness (QED) is 0.683. The number of ether oxygens (including phenoxy) is 1. The number of carbonyl (C=O) groups excluding carboxylic acids is 1. The van der Waals surface area contributed by atoms with Gasteiger partial charge in [-0.3, -0.25) is 9.36 Å². The van der Waals surface area contributed by atoms with Gasteiger partial charge in [-0.1, -0.05) is 12.1 Å². The summed E-state index contributed by atoms with van der Waals surface area (Å²) in [6.45, 7) is 3.47. The summed E-state index contributed by atoms with van der Waals surface area (Å²) in [5.74, 6) is -0.862. The zero-order valence-electron chi connectivity index (χ0n) is 13.4. The maximum absolute atomic E-state index is 13.2. The van der Waals surface area contributed by atoms with Crippen molar-refractivity contribution < 1.29 is 13.9 Å². The van der Waals surface area contributed by atoms with Crippen molar-refractivity contribution in [2.75, 3.05) is 7.11 Å². The number of esters is 1. The van der Waals surface area contributed by atoms with E-state index < -0.39 is 12.0 Å². The molecule has 0 unspecified atom stereocenters. The van der Waals surface area contributed by atoms with Crippen molar-refractivity contribution in [3.8, 4) is 11.1 Å². The largest absolute Gasteiger partial charge is 0.467 e. The van der Waals surface area contributed by atoms with E-state index in [4.69, 9.17) is 4.74 Å². The molecule has 0 fully saturated rings. The second-order valence-electron chi connectivity index (χ2n) is 5.38. The van der Waals surface area contributed by atoms with Gasteiger partial charge in [0.1, 0.15) is 16.7 Å². The van der Waals surface area contributed by atoms with Crippen LogP contribution in [-0.4, -0.2) is 22.6 Å². The first-order valence-electron chi connectivity index (χ1n) is 7.28. The van der Waals surface area contributed by atoms with Crippen LogP contribution in [0.1, 0.15) is 17.8 Å². The number of nitrogens with zero attached hydrogens (tertiary/aromatic N) is 2. The van der Waals surface area contributed by atoms with Crippen LogP contribution in [0.5, 0.6) is 0 Å². The summed E-state index contributed by atoms with van der Waals surface area (Å²) in [7, 11) is 1.27. The summed E-state index contributed by atoms with van der Waals surface area (Å²) >= 11 is 1.39. The molecule has 3 rings (SSSR count). The van der Waals surface area contributed by atoms with Crippen LogP contribution in [0, 0.1) is 12.7 Å². The lowest BCUT2D eigenvalue weighted by molar-refractivity contribution is -0.144. The van der Waals surface area contributed by atoms with E-state index in [1.165, 1.54) is 41.5 Å². The van der Waals surface area contributed by atoms with Crippen LogP contribution in [0.3, 0.4) is 0 Å². The second-order valence-corrected chi connectivity index (χ2v) is 6.58. The molecule has 1 atom stereocenters. The molecule has 24 heavy (non-hydrogen) atoms. The molecule has 0 aliphatic rings. The molecule has 124 valence electrons. The molecule has 0 bridgehead atoms.